The predicted molar refractivity (Wildman–Crippen MR) is 126 cm³/mol. The maximum atomic E-state index is 12.9. The standard InChI is InChI=1S/C26H27ClN2O2/c1-19-6-5-15-29(17-19)18-20-9-11-21(12-10-20)26(30)28-24-16-22(27)13-14-25(24)31-23-7-3-2-4-8-23/h2-4,7-14,16,19H,5-6,15,17-18H2,1H3,(H,28,30)/t19-/m1/s1. The Morgan fingerprint density at radius 2 is 1.87 bits per heavy atom. The van der Waals surface area contributed by atoms with Crippen molar-refractivity contribution < 1.29 is 9.53 Å². The van der Waals surface area contributed by atoms with Crippen LogP contribution < -0.4 is 10.1 Å². The van der Waals surface area contributed by atoms with E-state index < -0.39 is 0 Å². The van der Waals surface area contributed by atoms with Gasteiger partial charge in [-0.05, 0) is 73.3 Å². The molecule has 0 spiro atoms. The third-order valence-corrected chi connectivity index (χ3v) is 5.76. The van der Waals surface area contributed by atoms with Crippen LogP contribution in [0.4, 0.5) is 5.69 Å². The third kappa shape index (κ3) is 5.87. The third-order valence-electron chi connectivity index (χ3n) is 5.52. The molecule has 1 aliphatic heterocycles. The number of carbonyl (C=O) groups excluding carboxylic acids is 1. The maximum Gasteiger partial charge on any atom is 0.255 e. The molecule has 160 valence electrons. The molecule has 1 N–H and O–H groups in total. The van der Waals surface area contributed by atoms with Gasteiger partial charge >= 0.3 is 0 Å². The molecule has 1 amide bonds. The minimum atomic E-state index is -0.196. The molecular formula is C26H27ClN2O2. The Morgan fingerprint density at radius 1 is 1.10 bits per heavy atom. The van der Waals surface area contributed by atoms with E-state index in [-0.39, 0.29) is 5.91 Å². The summed E-state index contributed by atoms with van der Waals surface area (Å²) in [6.45, 7) is 5.52. The molecule has 31 heavy (non-hydrogen) atoms. The fourth-order valence-corrected chi connectivity index (χ4v) is 4.12. The van der Waals surface area contributed by atoms with Crippen LogP contribution in [-0.4, -0.2) is 23.9 Å². The van der Waals surface area contributed by atoms with Gasteiger partial charge in [0.05, 0.1) is 5.69 Å². The number of amides is 1. The summed E-state index contributed by atoms with van der Waals surface area (Å²) < 4.78 is 5.93. The zero-order chi connectivity index (χ0) is 21.6. The van der Waals surface area contributed by atoms with Crippen LogP contribution in [0.1, 0.15) is 35.7 Å². The van der Waals surface area contributed by atoms with Crippen LogP contribution in [-0.2, 0) is 6.54 Å². The lowest BCUT2D eigenvalue weighted by Crippen LogP contribution is -2.33. The second-order valence-corrected chi connectivity index (χ2v) is 8.63. The quantitative estimate of drug-likeness (QED) is 0.474. The molecule has 0 saturated carbocycles. The molecule has 3 aromatic rings. The van der Waals surface area contributed by atoms with Crippen molar-refractivity contribution in [3.8, 4) is 11.5 Å². The summed E-state index contributed by atoms with van der Waals surface area (Å²) in [6.07, 6.45) is 2.57. The van der Waals surface area contributed by atoms with E-state index in [2.05, 4.69) is 17.1 Å². The van der Waals surface area contributed by atoms with Gasteiger partial charge in [-0.1, -0.05) is 48.9 Å². The van der Waals surface area contributed by atoms with E-state index in [1.54, 1.807) is 18.2 Å². The normalized spacial score (nSPS) is 16.6. The number of benzene rings is 3. The van der Waals surface area contributed by atoms with Gasteiger partial charge in [-0.15, -0.1) is 0 Å². The highest BCUT2D eigenvalue weighted by molar-refractivity contribution is 6.31. The molecule has 4 rings (SSSR count). The van der Waals surface area contributed by atoms with Crippen molar-refractivity contribution in [1.29, 1.82) is 0 Å². The van der Waals surface area contributed by atoms with Gasteiger partial charge in [0.15, 0.2) is 5.75 Å². The number of ether oxygens (including phenoxy) is 1. The molecule has 1 fully saturated rings. The first-order chi connectivity index (χ1) is 15.1. The van der Waals surface area contributed by atoms with Crippen molar-refractivity contribution in [3.05, 3.63) is 88.9 Å². The summed E-state index contributed by atoms with van der Waals surface area (Å²) in [5.74, 6) is 1.79. The Bertz CT molecular complexity index is 1020. The van der Waals surface area contributed by atoms with Gasteiger partial charge in [0.1, 0.15) is 5.75 Å². The topological polar surface area (TPSA) is 41.6 Å². The molecule has 4 nitrogen and oxygen atoms in total. The van der Waals surface area contributed by atoms with E-state index in [0.717, 1.165) is 25.6 Å². The lowest BCUT2D eigenvalue weighted by molar-refractivity contribution is 0.102. The van der Waals surface area contributed by atoms with Crippen LogP contribution in [0.3, 0.4) is 0 Å². The second-order valence-electron chi connectivity index (χ2n) is 8.19. The lowest BCUT2D eigenvalue weighted by Gasteiger charge is -2.30. The summed E-state index contributed by atoms with van der Waals surface area (Å²) in [5.41, 5.74) is 2.36. The molecule has 0 aliphatic carbocycles. The first-order valence-corrected chi connectivity index (χ1v) is 11.1. The number of likely N-dealkylation sites (tertiary alicyclic amines) is 1. The molecular weight excluding hydrogens is 408 g/mol. The largest absolute Gasteiger partial charge is 0.455 e. The summed E-state index contributed by atoms with van der Waals surface area (Å²) in [4.78, 5) is 15.3. The van der Waals surface area contributed by atoms with Crippen LogP contribution in [0.5, 0.6) is 11.5 Å². The SMILES string of the molecule is C[C@@H]1CCCN(Cc2ccc(C(=O)Nc3cc(Cl)ccc3Oc3ccccc3)cc2)C1. The Morgan fingerprint density at radius 3 is 2.61 bits per heavy atom. The van der Waals surface area contributed by atoms with Crippen LogP contribution in [0, 0.1) is 5.92 Å². The van der Waals surface area contributed by atoms with Crippen LogP contribution in [0.2, 0.25) is 5.02 Å². The highest BCUT2D eigenvalue weighted by Gasteiger charge is 2.17. The average Bonchev–Trinajstić information content (AvgIpc) is 2.77. The minimum Gasteiger partial charge on any atom is -0.455 e. The number of hydrogen-bond acceptors (Lipinski definition) is 3. The number of rotatable bonds is 6. The summed E-state index contributed by atoms with van der Waals surface area (Å²) in [7, 11) is 0. The van der Waals surface area contributed by atoms with Gasteiger partial charge in [0.2, 0.25) is 0 Å². The van der Waals surface area contributed by atoms with Crippen molar-refractivity contribution in [2.75, 3.05) is 18.4 Å². The molecule has 3 aromatic carbocycles. The average molecular weight is 435 g/mol. The summed E-state index contributed by atoms with van der Waals surface area (Å²) >= 11 is 6.16. The number of para-hydroxylation sites is 1. The zero-order valence-electron chi connectivity index (χ0n) is 17.7. The molecule has 0 bridgehead atoms. The van der Waals surface area contributed by atoms with E-state index in [9.17, 15) is 4.79 Å². The molecule has 1 atom stereocenters. The predicted octanol–water partition coefficient (Wildman–Crippen LogP) is 6.62. The van der Waals surface area contributed by atoms with E-state index in [4.69, 9.17) is 16.3 Å². The van der Waals surface area contributed by atoms with Gasteiger partial charge < -0.3 is 10.1 Å². The fourth-order valence-electron chi connectivity index (χ4n) is 3.95. The van der Waals surface area contributed by atoms with Crippen molar-refractivity contribution in [1.82, 2.24) is 4.90 Å². The molecule has 1 aliphatic rings. The molecule has 1 saturated heterocycles. The number of nitrogens with zero attached hydrogens (tertiary/aromatic N) is 1. The highest BCUT2D eigenvalue weighted by atomic mass is 35.5. The highest BCUT2D eigenvalue weighted by Crippen LogP contribution is 2.32. The van der Waals surface area contributed by atoms with Gasteiger partial charge in [0, 0.05) is 23.7 Å². The van der Waals surface area contributed by atoms with Gasteiger partial charge in [0.25, 0.3) is 5.91 Å². The van der Waals surface area contributed by atoms with Crippen molar-refractivity contribution >= 4 is 23.2 Å². The first kappa shape index (κ1) is 21.4. The van der Waals surface area contributed by atoms with Crippen molar-refractivity contribution in [2.45, 2.75) is 26.3 Å². The molecule has 0 unspecified atom stereocenters. The Balaban J connectivity index is 1.44. The van der Waals surface area contributed by atoms with Gasteiger partial charge in [-0.3, -0.25) is 9.69 Å². The maximum absolute atomic E-state index is 12.9. The Labute approximate surface area is 188 Å². The molecule has 0 radical (unpaired) electrons. The number of carbonyl (C=O) groups is 1. The molecule has 5 heteroatoms. The first-order valence-electron chi connectivity index (χ1n) is 10.7. The van der Waals surface area contributed by atoms with Gasteiger partial charge in [-0.2, -0.15) is 0 Å². The van der Waals surface area contributed by atoms with E-state index in [1.165, 1.54) is 18.4 Å². The number of hydrogen-bond donors (Lipinski definition) is 1. The van der Waals surface area contributed by atoms with Crippen LogP contribution in [0.25, 0.3) is 0 Å². The van der Waals surface area contributed by atoms with Crippen LogP contribution in [0.15, 0.2) is 72.8 Å². The van der Waals surface area contributed by atoms with Crippen molar-refractivity contribution in [2.24, 2.45) is 5.92 Å². The van der Waals surface area contributed by atoms with E-state index >= 15 is 0 Å². The molecule has 1 heterocycles. The Kier molecular flexibility index (Phi) is 6.90. The van der Waals surface area contributed by atoms with Gasteiger partial charge in [-0.25, -0.2) is 0 Å². The number of anilines is 1. The minimum absolute atomic E-state index is 0.196. The second kappa shape index (κ2) is 9.99. The summed E-state index contributed by atoms with van der Waals surface area (Å²) in [6, 6.07) is 22.5. The Hall–Kier alpha value is -2.82. The summed E-state index contributed by atoms with van der Waals surface area (Å²) in [5, 5.41) is 3.47. The smallest absolute Gasteiger partial charge is 0.255 e. The van der Waals surface area contributed by atoms with E-state index in [0.29, 0.717) is 27.8 Å². The number of halogens is 1. The molecule has 0 aromatic heterocycles. The number of piperidine rings is 1. The lowest BCUT2D eigenvalue weighted by atomic mass is 9.99. The monoisotopic (exact) mass is 434 g/mol. The van der Waals surface area contributed by atoms with Crippen molar-refractivity contribution in [3.63, 3.8) is 0 Å². The fraction of sp³-hybridized carbons (Fsp3) is 0.269. The van der Waals surface area contributed by atoms with Crippen LogP contribution >= 0.6 is 11.6 Å². The number of nitrogens with one attached hydrogen (secondary N) is 1. The van der Waals surface area contributed by atoms with E-state index in [1.807, 2.05) is 54.6 Å². The zero-order valence-corrected chi connectivity index (χ0v) is 18.4.